The maximum absolute atomic E-state index is 12.3. The minimum Gasteiger partial charge on any atom is -0.326 e. The summed E-state index contributed by atoms with van der Waals surface area (Å²) in [6.07, 6.45) is 0.117. The van der Waals surface area contributed by atoms with Crippen LogP contribution in [-0.4, -0.2) is 20.7 Å². The molecule has 0 radical (unpaired) electrons. The molecule has 128 valence electrons. The van der Waals surface area contributed by atoms with Gasteiger partial charge in [-0.2, -0.15) is 5.10 Å². The number of benzene rings is 2. The van der Waals surface area contributed by atoms with Crippen molar-refractivity contribution in [3.63, 3.8) is 0 Å². The van der Waals surface area contributed by atoms with E-state index in [0.29, 0.717) is 27.9 Å². The van der Waals surface area contributed by atoms with Crippen molar-refractivity contribution in [2.24, 2.45) is 0 Å². The van der Waals surface area contributed by atoms with Crippen molar-refractivity contribution >= 4 is 35.4 Å². The van der Waals surface area contributed by atoms with Crippen LogP contribution < -0.4 is 5.32 Å². The summed E-state index contributed by atoms with van der Waals surface area (Å²) in [5.41, 5.74) is 2.71. The summed E-state index contributed by atoms with van der Waals surface area (Å²) >= 11 is 11.4. The minimum absolute atomic E-state index is 0.117. The Morgan fingerprint density at radius 3 is 2.76 bits per heavy atom. The van der Waals surface area contributed by atoms with Gasteiger partial charge in [-0.3, -0.25) is 14.5 Å². The summed E-state index contributed by atoms with van der Waals surface area (Å²) in [7, 11) is 0. The molecule has 0 saturated carbocycles. The zero-order valence-corrected chi connectivity index (χ0v) is 15.2. The van der Waals surface area contributed by atoms with Crippen LogP contribution in [-0.2, 0) is 17.8 Å². The lowest BCUT2D eigenvalue weighted by Gasteiger charge is -2.09. The lowest BCUT2D eigenvalue weighted by Crippen LogP contribution is -2.18. The molecule has 0 unspecified atom stereocenters. The fourth-order valence-electron chi connectivity index (χ4n) is 2.43. The molecule has 0 fully saturated rings. The summed E-state index contributed by atoms with van der Waals surface area (Å²) in [5.74, 6) is 0.410. The van der Waals surface area contributed by atoms with Crippen LogP contribution in [0.15, 0.2) is 48.5 Å². The van der Waals surface area contributed by atoms with Gasteiger partial charge in [0.2, 0.25) is 5.91 Å². The molecule has 25 heavy (non-hydrogen) atoms. The molecular weight excluding hydrogens is 356 g/mol. The molecule has 0 spiro atoms. The number of halogens is 1. The first-order valence-electron chi connectivity index (χ1n) is 7.77. The topological polar surface area (TPSA) is 62.7 Å². The highest BCUT2D eigenvalue weighted by Gasteiger charge is 2.12. The average Bonchev–Trinajstić information content (AvgIpc) is 2.92. The lowest BCUT2D eigenvalue weighted by molar-refractivity contribution is -0.115. The van der Waals surface area contributed by atoms with Gasteiger partial charge in [-0.05, 0) is 42.4 Å². The van der Waals surface area contributed by atoms with Crippen molar-refractivity contribution in [2.45, 2.75) is 19.9 Å². The molecule has 2 N–H and O–H groups in total. The zero-order chi connectivity index (χ0) is 17.8. The number of H-pyrrole nitrogens is 1. The maximum atomic E-state index is 12.3. The molecule has 0 saturated heterocycles. The summed E-state index contributed by atoms with van der Waals surface area (Å²) in [4.78, 5) is 12.3. The number of carbonyl (C=O) groups excluding carboxylic acids is 1. The van der Waals surface area contributed by atoms with Crippen molar-refractivity contribution in [3.05, 3.63) is 75.3 Å². The molecule has 0 aliphatic rings. The molecule has 5 nitrogen and oxygen atoms in total. The Kier molecular flexibility index (Phi) is 5.31. The highest BCUT2D eigenvalue weighted by molar-refractivity contribution is 7.71. The first kappa shape index (κ1) is 17.4. The number of nitrogens with one attached hydrogen (secondary N) is 2. The van der Waals surface area contributed by atoms with Crippen molar-refractivity contribution in [2.75, 3.05) is 5.32 Å². The van der Waals surface area contributed by atoms with Gasteiger partial charge in [0, 0.05) is 10.7 Å². The van der Waals surface area contributed by atoms with E-state index in [4.69, 9.17) is 23.8 Å². The van der Waals surface area contributed by atoms with Crippen LogP contribution in [0.2, 0.25) is 5.02 Å². The van der Waals surface area contributed by atoms with Crippen molar-refractivity contribution in [1.29, 1.82) is 0 Å². The van der Waals surface area contributed by atoms with Crippen LogP contribution in [0.5, 0.6) is 0 Å². The van der Waals surface area contributed by atoms with Gasteiger partial charge in [-0.1, -0.05) is 48.0 Å². The predicted molar refractivity (Wildman–Crippen MR) is 101 cm³/mol. The number of rotatable bonds is 5. The largest absolute Gasteiger partial charge is 0.326 e. The van der Waals surface area contributed by atoms with Crippen molar-refractivity contribution < 1.29 is 4.79 Å². The van der Waals surface area contributed by atoms with E-state index >= 15 is 0 Å². The van der Waals surface area contributed by atoms with Gasteiger partial charge in [-0.15, -0.1) is 0 Å². The fourth-order valence-corrected chi connectivity index (χ4v) is 2.83. The van der Waals surface area contributed by atoms with Crippen molar-refractivity contribution in [1.82, 2.24) is 14.8 Å². The van der Waals surface area contributed by atoms with Gasteiger partial charge in [-0.25, -0.2) is 0 Å². The van der Waals surface area contributed by atoms with Gasteiger partial charge in [0.25, 0.3) is 0 Å². The predicted octanol–water partition coefficient (Wildman–Crippen LogP) is 4.13. The van der Waals surface area contributed by atoms with Crippen LogP contribution in [0.3, 0.4) is 0 Å². The molecule has 1 aromatic heterocycles. The molecule has 0 aliphatic carbocycles. The molecule has 0 aliphatic heterocycles. The SMILES string of the molecule is Cc1ccc(NC(=O)Cc2n[nH]c(=S)n2Cc2ccccc2)cc1Cl. The van der Waals surface area contributed by atoms with E-state index in [0.717, 1.165) is 11.1 Å². The first-order chi connectivity index (χ1) is 12.0. The Morgan fingerprint density at radius 1 is 1.28 bits per heavy atom. The Labute approximate surface area is 155 Å². The summed E-state index contributed by atoms with van der Waals surface area (Å²) in [5, 5.41) is 10.4. The summed E-state index contributed by atoms with van der Waals surface area (Å²) < 4.78 is 2.32. The summed E-state index contributed by atoms with van der Waals surface area (Å²) in [6.45, 7) is 2.48. The minimum atomic E-state index is -0.178. The van der Waals surface area contributed by atoms with Crippen LogP contribution in [0.1, 0.15) is 17.0 Å². The number of carbonyl (C=O) groups is 1. The van der Waals surface area contributed by atoms with Crippen LogP contribution in [0.25, 0.3) is 0 Å². The number of aromatic amines is 1. The van der Waals surface area contributed by atoms with E-state index < -0.39 is 0 Å². The third-order valence-corrected chi connectivity index (χ3v) is 4.51. The van der Waals surface area contributed by atoms with Gasteiger partial charge in [0.1, 0.15) is 5.82 Å². The van der Waals surface area contributed by atoms with Gasteiger partial charge >= 0.3 is 0 Å². The van der Waals surface area contributed by atoms with Crippen molar-refractivity contribution in [3.8, 4) is 0 Å². The van der Waals surface area contributed by atoms with E-state index in [1.165, 1.54) is 0 Å². The highest BCUT2D eigenvalue weighted by Crippen LogP contribution is 2.20. The second-order valence-electron chi connectivity index (χ2n) is 5.71. The second-order valence-corrected chi connectivity index (χ2v) is 6.50. The number of amides is 1. The molecule has 3 rings (SSSR count). The standard InChI is InChI=1S/C18H17ClN4OS/c1-12-7-8-14(9-15(12)19)20-17(24)10-16-21-22-18(25)23(16)11-13-5-3-2-4-6-13/h2-9H,10-11H2,1H3,(H,20,24)(H,22,25). The zero-order valence-electron chi connectivity index (χ0n) is 13.6. The number of hydrogen-bond acceptors (Lipinski definition) is 3. The third kappa shape index (κ3) is 4.35. The Bertz CT molecular complexity index is 949. The van der Waals surface area contributed by atoms with Crippen LogP contribution in [0, 0.1) is 11.7 Å². The molecule has 1 heterocycles. The highest BCUT2D eigenvalue weighted by atomic mass is 35.5. The van der Waals surface area contributed by atoms with Gasteiger partial charge < -0.3 is 5.32 Å². The number of nitrogens with zero attached hydrogens (tertiary/aromatic N) is 2. The third-order valence-electron chi connectivity index (χ3n) is 3.80. The Balaban J connectivity index is 1.73. The molecule has 0 bridgehead atoms. The van der Waals surface area contributed by atoms with E-state index in [1.807, 2.05) is 54.0 Å². The Hall–Kier alpha value is -2.44. The molecular formula is C18H17ClN4OS. The average molecular weight is 373 g/mol. The number of aromatic nitrogens is 3. The molecule has 2 aromatic carbocycles. The molecule has 3 aromatic rings. The fraction of sp³-hybridized carbons (Fsp3) is 0.167. The number of anilines is 1. The number of hydrogen-bond donors (Lipinski definition) is 2. The quantitative estimate of drug-likeness (QED) is 0.662. The first-order valence-corrected chi connectivity index (χ1v) is 8.55. The molecule has 0 atom stereocenters. The summed E-state index contributed by atoms with van der Waals surface area (Å²) in [6, 6.07) is 15.3. The van der Waals surface area contributed by atoms with Crippen LogP contribution >= 0.6 is 23.8 Å². The molecule has 7 heteroatoms. The normalized spacial score (nSPS) is 10.6. The van der Waals surface area contributed by atoms with Gasteiger partial charge in [0.15, 0.2) is 4.77 Å². The van der Waals surface area contributed by atoms with E-state index in [-0.39, 0.29) is 12.3 Å². The lowest BCUT2D eigenvalue weighted by atomic mass is 10.2. The number of aryl methyl sites for hydroxylation is 1. The Morgan fingerprint density at radius 2 is 2.04 bits per heavy atom. The monoisotopic (exact) mass is 372 g/mol. The van der Waals surface area contributed by atoms with E-state index in [9.17, 15) is 4.79 Å². The maximum Gasteiger partial charge on any atom is 0.232 e. The van der Waals surface area contributed by atoms with E-state index in [1.54, 1.807) is 6.07 Å². The second kappa shape index (κ2) is 7.63. The van der Waals surface area contributed by atoms with E-state index in [2.05, 4.69) is 15.5 Å². The van der Waals surface area contributed by atoms with Gasteiger partial charge in [0.05, 0.1) is 13.0 Å². The van der Waals surface area contributed by atoms with Crippen LogP contribution in [0.4, 0.5) is 5.69 Å². The smallest absolute Gasteiger partial charge is 0.232 e. The molecule has 1 amide bonds.